The number of carbonyl (C=O) groups is 1. The molecule has 3 nitrogen and oxygen atoms in total. The number of nitrogens with one attached hydrogen (secondary N) is 1. The molecule has 0 bridgehead atoms. The molecule has 1 N–H and O–H groups in total. The molecule has 1 aliphatic rings. The standard InChI is InChI=1S/C15H20BrNO2/c1-19-7-6-14(10-16)17-15(18)13-8-11-4-2-3-5-12(11)9-13/h2-5,13-14H,6-10H2,1H3,(H,17,18). The molecular formula is C15H20BrNO2. The van der Waals surface area contributed by atoms with E-state index >= 15 is 0 Å². The van der Waals surface area contributed by atoms with Crippen molar-refractivity contribution in [2.75, 3.05) is 19.0 Å². The van der Waals surface area contributed by atoms with E-state index in [-0.39, 0.29) is 17.9 Å². The van der Waals surface area contributed by atoms with Gasteiger partial charge in [-0.05, 0) is 30.4 Å². The number of ether oxygens (including phenoxy) is 1. The fraction of sp³-hybridized carbons (Fsp3) is 0.533. The highest BCUT2D eigenvalue weighted by Crippen LogP contribution is 2.26. The van der Waals surface area contributed by atoms with Crippen LogP contribution in [0.15, 0.2) is 24.3 Å². The van der Waals surface area contributed by atoms with Crippen LogP contribution >= 0.6 is 15.9 Å². The highest BCUT2D eigenvalue weighted by Gasteiger charge is 2.28. The highest BCUT2D eigenvalue weighted by molar-refractivity contribution is 9.09. The third-order valence-corrected chi connectivity index (χ3v) is 4.41. The van der Waals surface area contributed by atoms with Crippen LogP contribution in [-0.4, -0.2) is 31.0 Å². The second kappa shape index (κ2) is 7.06. The number of fused-ring (bicyclic) bond motifs is 1. The Labute approximate surface area is 122 Å². The Balaban J connectivity index is 1.88. The van der Waals surface area contributed by atoms with Gasteiger partial charge in [0.15, 0.2) is 0 Å². The van der Waals surface area contributed by atoms with Crippen LogP contribution in [0.25, 0.3) is 0 Å². The lowest BCUT2D eigenvalue weighted by Crippen LogP contribution is -2.40. The maximum absolute atomic E-state index is 12.3. The van der Waals surface area contributed by atoms with Crippen molar-refractivity contribution < 1.29 is 9.53 Å². The Morgan fingerprint density at radius 1 is 1.42 bits per heavy atom. The number of methoxy groups -OCH3 is 1. The summed E-state index contributed by atoms with van der Waals surface area (Å²) in [4.78, 5) is 12.3. The number of amides is 1. The number of alkyl halides is 1. The van der Waals surface area contributed by atoms with Gasteiger partial charge in [0.1, 0.15) is 0 Å². The second-order valence-electron chi connectivity index (χ2n) is 5.02. The molecule has 0 spiro atoms. The van der Waals surface area contributed by atoms with Gasteiger partial charge in [-0.15, -0.1) is 0 Å². The zero-order valence-electron chi connectivity index (χ0n) is 11.2. The summed E-state index contributed by atoms with van der Waals surface area (Å²) in [5.74, 6) is 0.248. The van der Waals surface area contributed by atoms with Crippen molar-refractivity contribution in [1.29, 1.82) is 0 Å². The van der Waals surface area contributed by atoms with E-state index in [0.29, 0.717) is 6.61 Å². The molecule has 0 radical (unpaired) electrons. The largest absolute Gasteiger partial charge is 0.385 e. The molecular weight excluding hydrogens is 306 g/mol. The minimum Gasteiger partial charge on any atom is -0.385 e. The zero-order valence-corrected chi connectivity index (χ0v) is 12.8. The minimum atomic E-state index is 0.0847. The average Bonchev–Trinajstić information content (AvgIpc) is 2.87. The van der Waals surface area contributed by atoms with E-state index in [1.807, 2.05) is 12.1 Å². The molecule has 104 valence electrons. The normalized spacial score (nSPS) is 16.1. The second-order valence-corrected chi connectivity index (χ2v) is 5.66. The van der Waals surface area contributed by atoms with Crippen molar-refractivity contribution >= 4 is 21.8 Å². The van der Waals surface area contributed by atoms with E-state index < -0.39 is 0 Å². The van der Waals surface area contributed by atoms with Gasteiger partial charge < -0.3 is 10.1 Å². The third-order valence-electron chi connectivity index (χ3n) is 3.62. The molecule has 2 rings (SSSR count). The first-order valence-corrected chi connectivity index (χ1v) is 7.78. The van der Waals surface area contributed by atoms with Crippen LogP contribution in [0, 0.1) is 5.92 Å². The van der Waals surface area contributed by atoms with Gasteiger partial charge in [0, 0.05) is 31.0 Å². The topological polar surface area (TPSA) is 38.3 Å². The minimum absolute atomic E-state index is 0.0847. The van der Waals surface area contributed by atoms with E-state index in [9.17, 15) is 4.79 Å². The molecule has 0 saturated heterocycles. The number of benzene rings is 1. The van der Waals surface area contributed by atoms with Gasteiger partial charge in [-0.1, -0.05) is 40.2 Å². The fourth-order valence-electron chi connectivity index (χ4n) is 2.51. The van der Waals surface area contributed by atoms with Crippen molar-refractivity contribution in [2.45, 2.75) is 25.3 Å². The molecule has 0 aromatic heterocycles. The van der Waals surface area contributed by atoms with Gasteiger partial charge in [0.2, 0.25) is 5.91 Å². The van der Waals surface area contributed by atoms with Crippen LogP contribution in [0.4, 0.5) is 0 Å². The number of hydrogen-bond acceptors (Lipinski definition) is 2. The Bertz CT molecular complexity index is 411. The monoisotopic (exact) mass is 325 g/mol. The summed E-state index contributed by atoms with van der Waals surface area (Å²) in [6.07, 6.45) is 2.57. The van der Waals surface area contributed by atoms with Gasteiger partial charge in [0.05, 0.1) is 0 Å². The molecule has 1 unspecified atom stereocenters. The van der Waals surface area contributed by atoms with Crippen LogP contribution in [0.3, 0.4) is 0 Å². The van der Waals surface area contributed by atoms with Gasteiger partial charge in [-0.25, -0.2) is 0 Å². The van der Waals surface area contributed by atoms with Crippen LogP contribution < -0.4 is 5.32 Å². The van der Waals surface area contributed by atoms with Crippen LogP contribution in [0.2, 0.25) is 0 Å². The molecule has 0 heterocycles. The van der Waals surface area contributed by atoms with Crippen LogP contribution in [0.5, 0.6) is 0 Å². The Hall–Kier alpha value is -0.870. The number of rotatable bonds is 6. The van der Waals surface area contributed by atoms with Crippen molar-refractivity contribution in [3.63, 3.8) is 0 Å². The van der Waals surface area contributed by atoms with Crippen molar-refractivity contribution in [2.24, 2.45) is 5.92 Å². The zero-order chi connectivity index (χ0) is 13.7. The fourth-order valence-corrected chi connectivity index (χ4v) is 3.00. The summed E-state index contributed by atoms with van der Waals surface area (Å²) in [7, 11) is 1.68. The molecule has 0 aliphatic heterocycles. The van der Waals surface area contributed by atoms with E-state index in [2.05, 4.69) is 33.4 Å². The SMILES string of the molecule is COCCC(CBr)NC(=O)C1Cc2ccccc2C1. The molecule has 1 amide bonds. The molecule has 1 atom stereocenters. The quantitative estimate of drug-likeness (QED) is 0.815. The van der Waals surface area contributed by atoms with E-state index in [1.54, 1.807) is 7.11 Å². The predicted octanol–water partition coefficient (Wildman–Crippen LogP) is 2.32. The molecule has 0 fully saturated rings. The van der Waals surface area contributed by atoms with Crippen LogP contribution in [0.1, 0.15) is 17.5 Å². The summed E-state index contributed by atoms with van der Waals surface area (Å²) in [5.41, 5.74) is 2.63. The van der Waals surface area contributed by atoms with Gasteiger partial charge in [0.25, 0.3) is 0 Å². The Morgan fingerprint density at radius 2 is 2.05 bits per heavy atom. The van der Waals surface area contributed by atoms with E-state index in [4.69, 9.17) is 4.74 Å². The number of halogens is 1. The van der Waals surface area contributed by atoms with Crippen molar-refractivity contribution in [3.8, 4) is 0 Å². The van der Waals surface area contributed by atoms with E-state index in [0.717, 1.165) is 24.6 Å². The predicted molar refractivity (Wildman–Crippen MR) is 79.6 cm³/mol. The average molecular weight is 326 g/mol. The third kappa shape index (κ3) is 3.80. The first kappa shape index (κ1) is 14.5. The van der Waals surface area contributed by atoms with Crippen molar-refractivity contribution in [3.05, 3.63) is 35.4 Å². The summed E-state index contributed by atoms with van der Waals surface area (Å²) >= 11 is 3.44. The van der Waals surface area contributed by atoms with Crippen LogP contribution in [-0.2, 0) is 22.4 Å². The molecule has 1 aromatic carbocycles. The molecule has 4 heteroatoms. The maximum atomic E-state index is 12.3. The number of carbonyl (C=O) groups excluding carboxylic acids is 1. The molecule has 0 saturated carbocycles. The smallest absolute Gasteiger partial charge is 0.224 e. The lowest BCUT2D eigenvalue weighted by atomic mass is 10.0. The molecule has 19 heavy (non-hydrogen) atoms. The lowest BCUT2D eigenvalue weighted by molar-refractivity contribution is -0.125. The highest BCUT2D eigenvalue weighted by atomic mass is 79.9. The first-order valence-electron chi connectivity index (χ1n) is 6.66. The molecule has 1 aliphatic carbocycles. The first-order chi connectivity index (χ1) is 9.24. The van der Waals surface area contributed by atoms with E-state index in [1.165, 1.54) is 11.1 Å². The van der Waals surface area contributed by atoms with Crippen molar-refractivity contribution in [1.82, 2.24) is 5.32 Å². The number of hydrogen-bond donors (Lipinski definition) is 1. The molecule has 1 aromatic rings. The van der Waals surface area contributed by atoms with Gasteiger partial charge in [-0.2, -0.15) is 0 Å². The van der Waals surface area contributed by atoms with Gasteiger partial charge >= 0.3 is 0 Å². The summed E-state index contributed by atoms with van der Waals surface area (Å²) in [6.45, 7) is 0.668. The maximum Gasteiger partial charge on any atom is 0.224 e. The Morgan fingerprint density at radius 3 is 2.58 bits per heavy atom. The van der Waals surface area contributed by atoms with Gasteiger partial charge in [-0.3, -0.25) is 4.79 Å². The summed E-state index contributed by atoms with van der Waals surface area (Å²) < 4.78 is 5.06. The summed E-state index contributed by atoms with van der Waals surface area (Å²) in [5, 5.41) is 3.88. The lowest BCUT2D eigenvalue weighted by Gasteiger charge is -2.18. The summed E-state index contributed by atoms with van der Waals surface area (Å²) in [6, 6.07) is 8.47. The Kier molecular flexibility index (Phi) is 5.40.